The molecule has 1 fully saturated rings. The zero-order chi connectivity index (χ0) is 12.3. The lowest BCUT2D eigenvalue weighted by molar-refractivity contribution is 0.0216. The molecule has 0 aromatic carbocycles. The average molecular weight is 275 g/mol. The van der Waals surface area contributed by atoms with Crippen LogP contribution >= 0.6 is 22.9 Å². The van der Waals surface area contributed by atoms with Gasteiger partial charge in [0.15, 0.2) is 16.6 Å². The molecule has 94 valence electrons. The Morgan fingerprint density at radius 2 is 2.47 bits per heavy atom. The number of ether oxygens (including phenoxy) is 1. The molecule has 1 aliphatic rings. The van der Waals surface area contributed by atoms with Crippen molar-refractivity contribution in [1.29, 1.82) is 0 Å². The Kier molecular flexibility index (Phi) is 4.36. The van der Waals surface area contributed by atoms with Crippen LogP contribution in [0.5, 0.6) is 0 Å². The zero-order valence-corrected chi connectivity index (χ0v) is 11.3. The van der Waals surface area contributed by atoms with Gasteiger partial charge < -0.3 is 9.64 Å². The van der Waals surface area contributed by atoms with E-state index in [9.17, 15) is 4.79 Å². The second kappa shape index (κ2) is 5.80. The summed E-state index contributed by atoms with van der Waals surface area (Å²) < 4.78 is 5.67. The van der Waals surface area contributed by atoms with Crippen LogP contribution in [-0.4, -0.2) is 37.6 Å². The van der Waals surface area contributed by atoms with Gasteiger partial charge in [0, 0.05) is 20.2 Å². The topological polar surface area (TPSA) is 42.4 Å². The third-order valence-electron chi connectivity index (χ3n) is 2.78. The van der Waals surface area contributed by atoms with Crippen LogP contribution < -0.4 is 4.90 Å². The van der Waals surface area contributed by atoms with Gasteiger partial charge in [-0.05, 0) is 19.3 Å². The lowest BCUT2D eigenvalue weighted by atomic mass is 10.1. The molecule has 2 heterocycles. The van der Waals surface area contributed by atoms with Gasteiger partial charge in [-0.2, -0.15) is 0 Å². The first kappa shape index (κ1) is 12.8. The van der Waals surface area contributed by atoms with Gasteiger partial charge in [-0.1, -0.05) is 22.9 Å². The van der Waals surface area contributed by atoms with Gasteiger partial charge in [0.05, 0.1) is 6.10 Å². The van der Waals surface area contributed by atoms with Crippen LogP contribution in [0.15, 0.2) is 0 Å². The lowest BCUT2D eigenvalue weighted by Crippen LogP contribution is -2.33. The van der Waals surface area contributed by atoms with Gasteiger partial charge in [0.1, 0.15) is 4.88 Å². The standard InChI is InChI=1S/C11H15ClN2O2S/c1-14(6-8-4-2-3-5-16-8)11-13-10(12)9(7-15)17-11/h7-8H,2-6H2,1H3. The van der Waals surface area contributed by atoms with Gasteiger partial charge >= 0.3 is 0 Å². The summed E-state index contributed by atoms with van der Waals surface area (Å²) in [7, 11) is 1.95. The first-order valence-electron chi connectivity index (χ1n) is 5.65. The zero-order valence-electron chi connectivity index (χ0n) is 9.69. The number of nitrogens with zero attached hydrogens (tertiary/aromatic N) is 2. The number of hydrogen-bond acceptors (Lipinski definition) is 5. The molecule has 0 saturated carbocycles. The third kappa shape index (κ3) is 3.18. The van der Waals surface area contributed by atoms with Crippen LogP contribution in [0, 0.1) is 0 Å². The SMILES string of the molecule is CN(CC1CCCCO1)c1nc(Cl)c(C=O)s1. The number of aldehydes is 1. The highest BCUT2D eigenvalue weighted by Gasteiger charge is 2.18. The van der Waals surface area contributed by atoms with Crippen molar-refractivity contribution in [3.63, 3.8) is 0 Å². The van der Waals surface area contributed by atoms with Crippen molar-refractivity contribution in [2.24, 2.45) is 0 Å². The second-order valence-corrected chi connectivity index (χ2v) is 5.51. The summed E-state index contributed by atoms with van der Waals surface area (Å²) in [4.78, 5) is 17.3. The number of aromatic nitrogens is 1. The van der Waals surface area contributed by atoms with Crippen LogP contribution in [0.25, 0.3) is 0 Å². The van der Waals surface area contributed by atoms with Crippen molar-refractivity contribution >= 4 is 34.4 Å². The summed E-state index contributed by atoms with van der Waals surface area (Å²) >= 11 is 7.16. The second-order valence-electron chi connectivity index (χ2n) is 4.14. The third-order valence-corrected chi connectivity index (χ3v) is 4.28. The van der Waals surface area contributed by atoms with E-state index in [0.717, 1.165) is 37.4 Å². The monoisotopic (exact) mass is 274 g/mol. The van der Waals surface area contributed by atoms with Crippen molar-refractivity contribution in [3.8, 4) is 0 Å². The number of anilines is 1. The molecule has 0 aliphatic carbocycles. The Bertz CT molecular complexity index is 391. The van der Waals surface area contributed by atoms with E-state index in [0.29, 0.717) is 4.88 Å². The van der Waals surface area contributed by atoms with Crippen molar-refractivity contribution in [2.45, 2.75) is 25.4 Å². The van der Waals surface area contributed by atoms with E-state index in [-0.39, 0.29) is 11.3 Å². The van der Waals surface area contributed by atoms with E-state index in [4.69, 9.17) is 16.3 Å². The maximum atomic E-state index is 10.7. The van der Waals surface area contributed by atoms with Gasteiger partial charge in [0.2, 0.25) is 0 Å². The van der Waals surface area contributed by atoms with Crippen molar-refractivity contribution in [1.82, 2.24) is 4.98 Å². The van der Waals surface area contributed by atoms with Crippen LogP contribution in [0.2, 0.25) is 5.15 Å². The Labute approximate surface area is 110 Å². The minimum Gasteiger partial charge on any atom is -0.376 e. The number of thiazole rings is 1. The fourth-order valence-corrected chi connectivity index (χ4v) is 2.91. The minimum atomic E-state index is 0.260. The molecular weight excluding hydrogens is 260 g/mol. The largest absolute Gasteiger partial charge is 0.376 e. The molecule has 0 N–H and O–H groups in total. The fraction of sp³-hybridized carbons (Fsp3) is 0.636. The highest BCUT2D eigenvalue weighted by molar-refractivity contribution is 7.17. The van der Waals surface area contributed by atoms with Gasteiger partial charge in [-0.3, -0.25) is 4.79 Å². The molecule has 1 aromatic rings. The molecule has 6 heteroatoms. The molecule has 1 saturated heterocycles. The number of likely N-dealkylation sites (N-methyl/N-ethyl adjacent to an activating group) is 1. The molecule has 1 atom stereocenters. The summed E-state index contributed by atoms with van der Waals surface area (Å²) in [6.45, 7) is 1.64. The molecule has 1 unspecified atom stereocenters. The molecule has 0 amide bonds. The van der Waals surface area contributed by atoms with E-state index in [2.05, 4.69) is 4.98 Å². The van der Waals surface area contributed by atoms with E-state index < -0.39 is 0 Å². The van der Waals surface area contributed by atoms with Crippen LogP contribution in [0.1, 0.15) is 28.9 Å². The van der Waals surface area contributed by atoms with Crippen molar-refractivity contribution in [2.75, 3.05) is 25.1 Å². The van der Waals surface area contributed by atoms with E-state index in [1.807, 2.05) is 11.9 Å². The predicted molar refractivity (Wildman–Crippen MR) is 69.4 cm³/mol. The smallest absolute Gasteiger partial charge is 0.187 e. The summed E-state index contributed by atoms with van der Waals surface area (Å²) in [5.41, 5.74) is 0. The number of hydrogen-bond donors (Lipinski definition) is 0. The van der Waals surface area contributed by atoms with Crippen molar-refractivity contribution in [3.05, 3.63) is 10.0 Å². The van der Waals surface area contributed by atoms with Gasteiger partial charge in [0.25, 0.3) is 0 Å². The van der Waals surface area contributed by atoms with E-state index in [1.54, 1.807) is 0 Å². The van der Waals surface area contributed by atoms with Gasteiger partial charge in [-0.15, -0.1) is 0 Å². The summed E-state index contributed by atoms with van der Waals surface area (Å²) in [5, 5.41) is 1.06. The van der Waals surface area contributed by atoms with E-state index >= 15 is 0 Å². The van der Waals surface area contributed by atoms with Crippen LogP contribution in [0.3, 0.4) is 0 Å². The molecular formula is C11H15ClN2O2S. The highest BCUT2D eigenvalue weighted by Crippen LogP contribution is 2.28. The van der Waals surface area contributed by atoms with Crippen LogP contribution in [-0.2, 0) is 4.74 Å². The molecule has 0 bridgehead atoms. The van der Waals surface area contributed by atoms with E-state index in [1.165, 1.54) is 17.8 Å². The summed E-state index contributed by atoms with van der Waals surface area (Å²) in [6, 6.07) is 0. The number of carbonyl (C=O) groups excluding carboxylic acids is 1. The Morgan fingerprint density at radius 3 is 3.06 bits per heavy atom. The van der Waals surface area contributed by atoms with Crippen LogP contribution in [0.4, 0.5) is 5.13 Å². The van der Waals surface area contributed by atoms with Gasteiger partial charge in [-0.25, -0.2) is 4.98 Å². The molecule has 17 heavy (non-hydrogen) atoms. The Balaban J connectivity index is 1.98. The maximum absolute atomic E-state index is 10.7. The Hall–Kier alpha value is -0.650. The fourth-order valence-electron chi connectivity index (χ4n) is 1.87. The first-order valence-corrected chi connectivity index (χ1v) is 6.84. The average Bonchev–Trinajstić information content (AvgIpc) is 2.72. The Morgan fingerprint density at radius 1 is 1.65 bits per heavy atom. The number of carbonyl (C=O) groups is 1. The summed E-state index contributed by atoms with van der Waals surface area (Å²) in [6.07, 6.45) is 4.46. The summed E-state index contributed by atoms with van der Waals surface area (Å²) in [5.74, 6) is 0. The quantitative estimate of drug-likeness (QED) is 0.792. The van der Waals surface area contributed by atoms with Crippen molar-refractivity contribution < 1.29 is 9.53 Å². The molecule has 1 aliphatic heterocycles. The first-order chi connectivity index (χ1) is 8.20. The minimum absolute atomic E-state index is 0.260. The molecule has 1 aromatic heterocycles. The lowest BCUT2D eigenvalue weighted by Gasteiger charge is -2.27. The highest BCUT2D eigenvalue weighted by atomic mass is 35.5. The molecule has 0 spiro atoms. The number of halogens is 1. The molecule has 2 rings (SSSR count). The molecule has 4 nitrogen and oxygen atoms in total. The number of rotatable bonds is 4. The normalized spacial score (nSPS) is 20.2. The predicted octanol–water partition coefficient (Wildman–Crippen LogP) is 2.61. The maximum Gasteiger partial charge on any atom is 0.187 e. The molecule has 0 radical (unpaired) electrons.